The fourth-order valence-electron chi connectivity index (χ4n) is 2.57. The molecular weight excluding hydrogens is 361 g/mol. The van der Waals surface area contributed by atoms with Crippen molar-refractivity contribution in [2.75, 3.05) is 6.54 Å². The van der Waals surface area contributed by atoms with Gasteiger partial charge in [-0.15, -0.1) is 24.8 Å². The van der Waals surface area contributed by atoms with Gasteiger partial charge in [0.15, 0.2) is 11.7 Å². The number of aryl methyl sites for hydroxylation is 1. The first-order chi connectivity index (χ1) is 11.2. The number of nitrogens with two attached hydrogens (primary N) is 1. The standard InChI is InChI=1S/C18H23N3O2.2ClH/c19-15(13-9-10-13)11-20-17(22)7-4-8-18-21-12-16(23-18)14-5-2-1-3-6-14;;/h1-3,5-6,12-13,15H,4,7-11,19H2,(H,20,22);2*1H. The van der Waals surface area contributed by atoms with Crippen LogP contribution < -0.4 is 11.1 Å². The van der Waals surface area contributed by atoms with Crippen molar-refractivity contribution < 1.29 is 9.21 Å². The molecule has 0 bridgehead atoms. The second kappa shape index (κ2) is 10.4. The lowest BCUT2D eigenvalue weighted by atomic mass is 10.2. The van der Waals surface area contributed by atoms with Gasteiger partial charge in [0.05, 0.1) is 6.20 Å². The lowest BCUT2D eigenvalue weighted by molar-refractivity contribution is -0.121. The molecule has 1 fully saturated rings. The highest BCUT2D eigenvalue weighted by Crippen LogP contribution is 2.31. The van der Waals surface area contributed by atoms with E-state index in [1.165, 1.54) is 12.8 Å². The molecule has 7 heteroatoms. The molecule has 1 aromatic heterocycles. The van der Waals surface area contributed by atoms with E-state index < -0.39 is 0 Å². The van der Waals surface area contributed by atoms with E-state index in [4.69, 9.17) is 10.2 Å². The number of carbonyl (C=O) groups excluding carboxylic acids is 1. The van der Waals surface area contributed by atoms with Gasteiger partial charge in [0.25, 0.3) is 0 Å². The van der Waals surface area contributed by atoms with Crippen LogP contribution in [0.4, 0.5) is 0 Å². The number of rotatable bonds is 8. The van der Waals surface area contributed by atoms with E-state index in [1.807, 2.05) is 30.3 Å². The molecule has 0 aliphatic heterocycles. The van der Waals surface area contributed by atoms with Crippen molar-refractivity contribution in [3.05, 3.63) is 42.4 Å². The van der Waals surface area contributed by atoms with Gasteiger partial charge in [-0.25, -0.2) is 4.98 Å². The summed E-state index contributed by atoms with van der Waals surface area (Å²) in [5.74, 6) is 2.10. The number of halogens is 2. The van der Waals surface area contributed by atoms with Crippen LogP contribution in [0, 0.1) is 5.92 Å². The molecule has 3 N–H and O–H groups in total. The zero-order valence-corrected chi connectivity index (χ0v) is 15.7. The van der Waals surface area contributed by atoms with Crippen molar-refractivity contribution >= 4 is 30.7 Å². The van der Waals surface area contributed by atoms with Crippen LogP contribution in [0.15, 0.2) is 40.9 Å². The summed E-state index contributed by atoms with van der Waals surface area (Å²) in [4.78, 5) is 16.1. The Hall–Kier alpha value is -1.56. The summed E-state index contributed by atoms with van der Waals surface area (Å²) in [5.41, 5.74) is 6.98. The molecule has 25 heavy (non-hydrogen) atoms. The average molecular weight is 386 g/mol. The van der Waals surface area contributed by atoms with Crippen LogP contribution in [0.25, 0.3) is 11.3 Å². The Bertz CT molecular complexity index is 645. The highest BCUT2D eigenvalue weighted by Gasteiger charge is 2.28. The van der Waals surface area contributed by atoms with Crippen molar-refractivity contribution in [1.29, 1.82) is 0 Å². The van der Waals surface area contributed by atoms with Crippen LogP contribution in [0.3, 0.4) is 0 Å². The van der Waals surface area contributed by atoms with Gasteiger partial charge in [-0.3, -0.25) is 4.79 Å². The van der Waals surface area contributed by atoms with Crippen LogP contribution in [-0.2, 0) is 11.2 Å². The summed E-state index contributed by atoms with van der Waals surface area (Å²) in [5, 5.41) is 2.91. The monoisotopic (exact) mass is 385 g/mol. The second-order valence-electron chi connectivity index (χ2n) is 6.14. The molecule has 0 radical (unpaired) electrons. The first-order valence-corrected chi connectivity index (χ1v) is 8.25. The molecule has 1 heterocycles. The summed E-state index contributed by atoms with van der Waals surface area (Å²) in [6.45, 7) is 0.584. The van der Waals surface area contributed by atoms with Crippen molar-refractivity contribution in [3.63, 3.8) is 0 Å². The number of nitrogens with one attached hydrogen (secondary N) is 1. The van der Waals surface area contributed by atoms with Gasteiger partial charge in [-0.1, -0.05) is 30.3 Å². The van der Waals surface area contributed by atoms with Crippen molar-refractivity contribution in [2.24, 2.45) is 11.7 Å². The van der Waals surface area contributed by atoms with Crippen LogP contribution >= 0.6 is 24.8 Å². The summed E-state index contributed by atoms with van der Waals surface area (Å²) in [7, 11) is 0. The number of benzene rings is 1. The van der Waals surface area contributed by atoms with E-state index in [0.717, 1.165) is 17.7 Å². The van der Waals surface area contributed by atoms with E-state index in [-0.39, 0.29) is 36.8 Å². The van der Waals surface area contributed by atoms with E-state index in [0.29, 0.717) is 31.2 Å². The predicted octanol–water partition coefficient (Wildman–Crippen LogP) is 3.36. The Labute approximate surface area is 160 Å². The quantitative estimate of drug-likeness (QED) is 0.729. The molecule has 1 aliphatic carbocycles. The van der Waals surface area contributed by atoms with Crippen molar-refractivity contribution in [3.8, 4) is 11.3 Å². The first-order valence-electron chi connectivity index (χ1n) is 8.25. The molecule has 1 aliphatic rings. The van der Waals surface area contributed by atoms with Crippen LogP contribution in [-0.4, -0.2) is 23.5 Å². The third-order valence-corrected chi connectivity index (χ3v) is 4.17. The zero-order chi connectivity index (χ0) is 16.1. The number of oxazole rings is 1. The van der Waals surface area contributed by atoms with Gasteiger partial charge in [0.2, 0.25) is 5.91 Å². The Balaban J connectivity index is 0.00000156. The lowest BCUT2D eigenvalue weighted by Gasteiger charge is -2.11. The Morgan fingerprint density at radius 3 is 2.68 bits per heavy atom. The minimum atomic E-state index is 0. The number of nitrogens with zero attached hydrogens (tertiary/aromatic N) is 1. The van der Waals surface area contributed by atoms with Gasteiger partial charge in [-0.05, 0) is 25.2 Å². The lowest BCUT2D eigenvalue weighted by Crippen LogP contribution is -2.38. The minimum absolute atomic E-state index is 0. The highest BCUT2D eigenvalue weighted by molar-refractivity contribution is 5.85. The minimum Gasteiger partial charge on any atom is -0.441 e. The molecule has 1 atom stereocenters. The third kappa shape index (κ3) is 6.69. The fourth-order valence-corrected chi connectivity index (χ4v) is 2.57. The van der Waals surface area contributed by atoms with Gasteiger partial charge in [0, 0.05) is 31.0 Å². The molecular formula is C18H25Cl2N3O2. The van der Waals surface area contributed by atoms with Crippen LogP contribution in [0.1, 0.15) is 31.6 Å². The Morgan fingerprint density at radius 2 is 2.00 bits per heavy atom. The molecule has 0 spiro atoms. The van der Waals surface area contributed by atoms with Crippen molar-refractivity contribution in [2.45, 2.75) is 38.1 Å². The molecule has 0 saturated heterocycles. The molecule has 1 aromatic carbocycles. The molecule has 5 nitrogen and oxygen atoms in total. The van der Waals surface area contributed by atoms with Gasteiger partial charge >= 0.3 is 0 Å². The van der Waals surface area contributed by atoms with E-state index in [1.54, 1.807) is 6.20 Å². The molecule has 138 valence electrons. The Morgan fingerprint density at radius 1 is 1.28 bits per heavy atom. The largest absolute Gasteiger partial charge is 0.441 e. The third-order valence-electron chi connectivity index (χ3n) is 4.17. The molecule has 1 amide bonds. The summed E-state index contributed by atoms with van der Waals surface area (Å²) in [6.07, 6.45) is 5.99. The zero-order valence-electron chi connectivity index (χ0n) is 14.0. The fraction of sp³-hybridized carbons (Fsp3) is 0.444. The van der Waals surface area contributed by atoms with Crippen molar-refractivity contribution in [1.82, 2.24) is 10.3 Å². The number of aromatic nitrogens is 1. The van der Waals surface area contributed by atoms with E-state index >= 15 is 0 Å². The van der Waals surface area contributed by atoms with Crippen LogP contribution in [0.5, 0.6) is 0 Å². The topological polar surface area (TPSA) is 81.1 Å². The molecule has 3 rings (SSSR count). The number of amides is 1. The smallest absolute Gasteiger partial charge is 0.220 e. The highest BCUT2D eigenvalue weighted by atomic mass is 35.5. The summed E-state index contributed by atoms with van der Waals surface area (Å²) < 4.78 is 5.73. The molecule has 2 aromatic rings. The average Bonchev–Trinajstić information content (AvgIpc) is 3.33. The van der Waals surface area contributed by atoms with E-state index in [2.05, 4.69) is 10.3 Å². The molecule has 1 unspecified atom stereocenters. The van der Waals surface area contributed by atoms with E-state index in [9.17, 15) is 4.79 Å². The summed E-state index contributed by atoms with van der Waals surface area (Å²) in [6, 6.07) is 9.98. The van der Waals surface area contributed by atoms with Gasteiger partial charge in [0.1, 0.15) is 0 Å². The maximum absolute atomic E-state index is 11.8. The van der Waals surface area contributed by atoms with Gasteiger partial charge < -0.3 is 15.5 Å². The van der Waals surface area contributed by atoms with Gasteiger partial charge in [-0.2, -0.15) is 0 Å². The molecule has 1 saturated carbocycles. The predicted molar refractivity (Wildman–Crippen MR) is 103 cm³/mol. The maximum atomic E-state index is 11.8. The van der Waals surface area contributed by atoms with Crippen LogP contribution in [0.2, 0.25) is 0 Å². The number of carbonyl (C=O) groups is 1. The SMILES string of the molecule is Cl.Cl.NC(CNC(=O)CCCc1ncc(-c2ccccc2)o1)C1CC1. The normalized spacial score (nSPS) is 14.1. The number of hydrogen-bond acceptors (Lipinski definition) is 4. The summed E-state index contributed by atoms with van der Waals surface area (Å²) >= 11 is 0. The Kier molecular flexibility index (Phi) is 8.97. The number of hydrogen-bond donors (Lipinski definition) is 2. The first kappa shape index (κ1) is 21.5. The second-order valence-corrected chi connectivity index (χ2v) is 6.14. The maximum Gasteiger partial charge on any atom is 0.220 e.